The van der Waals surface area contributed by atoms with Gasteiger partial charge >= 0.3 is 0 Å². The molecule has 3 aromatic rings. The summed E-state index contributed by atoms with van der Waals surface area (Å²) in [6, 6.07) is 11.8. The maximum Gasteiger partial charge on any atom is 0.234 e. The Kier molecular flexibility index (Phi) is 4.15. The predicted octanol–water partition coefficient (Wildman–Crippen LogP) is 3.68. The SMILES string of the molecule is Cc1cccc(NC(=O)CSc2ncc3ccccn23)c1C. The highest BCUT2D eigenvalue weighted by Crippen LogP contribution is 2.21. The summed E-state index contributed by atoms with van der Waals surface area (Å²) < 4.78 is 1.98. The number of carbonyl (C=O) groups is 1. The van der Waals surface area contributed by atoms with Crippen LogP contribution in [0.15, 0.2) is 53.9 Å². The van der Waals surface area contributed by atoms with Gasteiger partial charge in [-0.1, -0.05) is 30.0 Å². The van der Waals surface area contributed by atoms with Crippen molar-refractivity contribution in [3.8, 4) is 0 Å². The van der Waals surface area contributed by atoms with Crippen LogP contribution in [0, 0.1) is 13.8 Å². The zero-order valence-electron chi connectivity index (χ0n) is 12.5. The molecule has 0 unspecified atom stereocenters. The summed E-state index contributed by atoms with van der Waals surface area (Å²) in [6.07, 6.45) is 3.76. The maximum atomic E-state index is 12.1. The topological polar surface area (TPSA) is 46.4 Å². The van der Waals surface area contributed by atoms with Crippen LogP contribution in [0.3, 0.4) is 0 Å². The van der Waals surface area contributed by atoms with E-state index < -0.39 is 0 Å². The summed E-state index contributed by atoms with van der Waals surface area (Å²) in [5.74, 6) is 0.313. The minimum atomic E-state index is -0.0219. The number of hydrogen-bond donors (Lipinski definition) is 1. The first-order chi connectivity index (χ1) is 10.6. The molecule has 0 spiro atoms. The fraction of sp³-hybridized carbons (Fsp3) is 0.176. The Morgan fingerprint density at radius 1 is 1.23 bits per heavy atom. The molecular formula is C17H17N3OS. The first kappa shape index (κ1) is 14.7. The quantitative estimate of drug-likeness (QED) is 0.748. The van der Waals surface area contributed by atoms with Crippen molar-refractivity contribution in [1.29, 1.82) is 0 Å². The van der Waals surface area contributed by atoms with Crippen molar-refractivity contribution in [2.24, 2.45) is 0 Å². The van der Waals surface area contributed by atoms with Crippen molar-refractivity contribution < 1.29 is 4.79 Å². The number of aromatic nitrogens is 2. The number of thioether (sulfide) groups is 1. The molecule has 0 saturated heterocycles. The second-order valence-corrected chi connectivity index (χ2v) is 6.06. The van der Waals surface area contributed by atoms with Gasteiger partial charge in [-0.25, -0.2) is 4.98 Å². The van der Waals surface area contributed by atoms with Gasteiger partial charge in [0.1, 0.15) is 0 Å². The second-order valence-electron chi connectivity index (χ2n) is 5.12. The van der Waals surface area contributed by atoms with Crippen molar-refractivity contribution in [3.05, 3.63) is 59.9 Å². The van der Waals surface area contributed by atoms with Gasteiger partial charge in [-0.05, 0) is 43.2 Å². The Hall–Kier alpha value is -2.27. The number of imidazole rings is 1. The van der Waals surface area contributed by atoms with Gasteiger partial charge in [-0.3, -0.25) is 9.20 Å². The highest BCUT2D eigenvalue weighted by molar-refractivity contribution is 7.99. The van der Waals surface area contributed by atoms with Gasteiger partial charge in [0.25, 0.3) is 0 Å². The Morgan fingerprint density at radius 2 is 2.09 bits per heavy atom. The number of fused-ring (bicyclic) bond motifs is 1. The fourth-order valence-corrected chi connectivity index (χ4v) is 2.99. The Morgan fingerprint density at radius 3 is 2.95 bits per heavy atom. The summed E-state index contributed by atoms with van der Waals surface area (Å²) in [5.41, 5.74) is 4.18. The van der Waals surface area contributed by atoms with Crippen LogP contribution in [0.5, 0.6) is 0 Å². The van der Waals surface area contributed by atoms with E-state index in [2.05, 4.69) is 10.3 Å². The summed E-state index contributed by atoms with van der Waals surface area (Å²) in [6.45, 7) is 4.05. The molecule has 4 nitrogen and oxygen atoms in total. The van der Waals surface area contributed by atoms with Crippen molar-refractivity contribution in [2.75, 3.05) is 11.1 Å². The van der Waals surface area contributed by atoms with Crippen LogP contribution in [0.1, 0.15) is 11.1 Å². The van der Waals surface area contributed by atoms with E-state index in [4.69, 9.17) is 0 Å². The molecule has 0 fully saturated rings. The van der Waals surface area contributed by atoms with Crippen LogP contribution in [-0.2, 0) is 4.79 Å². The van der Waals surface area contributed by atoms with Gasteiger partial charge in [0, 0.05) is 11.9 Å². The largest absolute Gasteiger partial charge is 0.325 e. The van der Waals surface area contributed by atoms with Crippen LogP contribution in [0.25, 0.3) is 5.52 Å². The van der Waals surface area contributed by atoms with E-state index in [9.17, 15) is 4.79 Å². The lowest BCUT2D eigenvalue weighted by Crippen LogP contribution is -2.15. The zero-order chi connectivity index (χ0) is 15.5. The third-order valence-corrected chi connectivity index (χ3v) is 4.58. The fourth-order valence-electron chi connectivity index (χ4n) is 2.23. The molecule has 0 atom stereocenters. The van der Waals surface area contributed by atoms with Gasteiger partial charge in [-0.2, -0.15) is 0 Å². The summed E-state index contributed by atoms with van der Waals surface area (Å²) >= 11 is 1.43. The molecule has 1 aromatic carbocycles. The average Bonchev–Trinajstić information content (AvgIpc) is 2.93. The van der Waals surface area contributed by atoms with Gasteiger partial charge in [0.2, 0.25) is 5.91 Å². The molecule has 22 heavy (non-hydrogen) atoms. The normalized spacial score (nSPS) is 10.8. The minimum Gasteiger partial charge on any atom is -0.325 e. The predicted molar refractivity (Wildman–Crippen MR) is 90.5 cm³/mol. The number of benzene rings is 1. The van der Waals surface area contributed by atoms with Crippen LogP contribution >= 0.6 is 11.8 Å². The second kappa shape index (κ2) is 6.23. The number of amides is 1. The molecule has 2 heterocycles. The molecule has 5 heteroatoms. The van der Waals surface area contributed by atoms with Crippen LogP contribution in [0.2, 0.25) is 0 Å². The highest BCUT2D eigenvalue weighted by atomic mass is 32.2. The lowest BCUT2D eigenvalue weighted by molar-refractivity contribution is -0.113. The smallest absolute Gasteiger partial charge is 0.234 e. The van der Waals surface area contributed by atoms with Crippen molar-refractivity contribution in [2.45, 2.75) is 19.0 Å². The van der Waals surface area contributed by atoms with Crippen molar-refractivity contribution >= 4 is 28.9 Å². The van der Waals surface area contributed by atoms with Gasteiger partial charge < -0.3 is 5.32 Å². The summed E-state index contributed by atoms with van der Waals surface area (Å²) in [5, 5.41) is 3.79. The van der Waals surface area contributed by atoms with E-state index >= 15 is 0 Å². The molecule has 2 aromatic heterocycles. The Balaban J connectivity index is 1.66. The summed E-state index contributed by atoms with van der Waals surface area (Å²) in [4.78, 5) is 16.5. The number of aryl methyl sites for hydroxylation is 1. The number of nitrogens with zero attached hydrogens (tertiary/aromatic N) is 2. The van der Waals surface area contributed by atoms with Crippen LogP contribution in [-0.4, -0.2) is 21.0 Å². The molecule has 0 aliphatic rings. The lowest BCUT2D eigenvalue weighted by Gasteiger charge is -2.10. The number of carbonyl (C=O) groups excluding carboxylic acids is 1. The molecule has 1 N–H and O–H groups in total. The van der Waals surface area contributed by atoms with Gasteiger partial charge in [0.05, 0.1) is 17.5 Å². The maximum absolute atomic E-state index is 12.1. The Bertz CT molecular complexity index is 826. The lowest BCUT2D eigenvalue weighted by atomic mass is 10.1. The molecule has 0 bridgehead atoms. The highest BCUT2D eigenvalue weighted by Gasteiger charge is 2.09. The van der Waals surface area contributed by atoms with E-state index in [1.807, 2.05) is 67.0 Å². The Labute approximate surface area is 133 Å². The van der Waals surface area contributed by atoms with E-state index in [1.165, 1.54) is 17.3 Å². The molecule has 0 aliphatic carbocycles. The third-order valence-electron chi connectivity index (χ3n) is 3.62. The van der Waals surface area contributed by atoms with E-state index in [0.717, 1.165) is 21.9 Å². The minimum absolute atomic E-state index is 0.0219. The third kappa shape index (κ3) is 2.99. The number of nitrogens with one attached hydrogen (secondary N) is 1. The molecule has 3 rings (SSSR count). The van der Waals surface area contributed by atoms with Crippen LogP contribution in [0.4, 0.5) is 5.69 Å². The number of hydrogen-bond acceptors (Lipinski definition) is 3. The molecule has 0 saturated carbocycles. The van der Waals surface area contributed by atoms with Gasteiger partial charge in [0.15, 0.2) is 5.16 Å². The monoisotopic (exact) mass is 311 g/mol. The first-order valence-corrected chi connectivity index (χ1v) is 8.04. The number of rotatable bonds is 4. The van der Waals surface area contributed by atoms with Crippen molar-refractivity contribution in [1.82, 2.24) is 9.38 Å². The molecular weight excluding hydrogens is 294 g/mol. The average molecular weight is 311 g/mol. The van der Waals surface area contributed by atoms with E-state index in [0.29, 0.717) is 5.75 Å². The number of anilines is 1. The number of pyridine rings is 1. The first-order valence-electron chi connectivity index (χ1n) is 7.06. The summed E-state index contributed by atoms with van der Waals surface area (Å²) in [7, 11) is 0. The zero-order valence-corrected chi connectivity index (χ0v) is 13.4. The molecule has 0 radical (unpaired) electrons. The molecule has 112 valence electrons. The van der Waals surface area contributed by atoms with E-state index in [1.54, 1.807) is 0 Å². The van der Waals surface area contributed by atoms with E-state index in [-0.39, 0.29) is 5.91 Å². The molecule has 1 amide bonds. The van der Waals surface area contributed by atoms with Crippen LogP contribution < -0.4 is 5.32 Å². The molecule has 0 aliphatic heterocycles. The standard InChI is InChI=1S/C17H17N3OS/c1-12-6-5-8-15(13(12)2)19-16(21)11-22-17-18-10-14-7-3-4-9-20(14)17/h3-10H,11H2,1-2H3,(H,19,21). The van der Waals surface area contributed by atoms with Crippen molar-refractivity contribution in [3.63, 3.8) is 0 Å². The van der Waals surface area contributed by atoms with Gasteiger partial charge in [-0.15, -0.1) is 0 Å².